The number of hydrogen-bond acceptors (Lipinski definition) is 6. The second kappa shape index (κ2) is 8.93. The maximum Gasteiger partial charge on any atom is 0.418 e. The van der Waals surface area contributed by atoms with Crippen molar-refractivity contribution >= 4 is 52.0 Å². The SMILES string of the molecule is C[C@@H](CC(=O)c1cnn(C)c1Cl)c1ncc(C(=O)Nc2cc(C(F)(F)F)c(Cl)cn2)s1. The molecule has 3 heterocycles. The van der Waals surface area contributed by atoms with E-state index in [1.807, 2.05) is 0 Å². The van der Waals surface area contributed by atoms with Gasteiger partial charge >= 0.3 is 6.18 Å². The van der Waals surface area contributed by atoms with Crippen molar-refractivity contribution in [3.05, 3.63) is 55.8 Å². The molecule has 0 unspecified atom stereocenters. The standard InChI is InChI=1S/C18H14Cl2F3N5O2S/c1-8(3-12(29)9-5-26-28(2)15(9)20)17-25-7-13(31-17)16(30)27-14-4-10(18(21,22)23)11(19)6-24-14/h4-8H,3H2,1-2H3,(H,24,27,30)/t8-/m0/s1. The van der Waals surface area contributed by atoms with Gasteiger partial charge in [0.15, 0.2) is 5.78 Å². The average Bonchev–Trinajstić information content (AvgIpc) is 3.30. The van der Waals surface area contributed by atoms with E-state index < -0.39 is 22.7 Å². The first-order valence-corrected chi connectivity index (χ1v) is 10.2. The summed E-state index contributed by atoms with van der Waals surface area (Å²) < 4.78 is 40.3. The molecule has 0 aliphatic heterocycles. The Bertz CT molecular complexity index is 1150. The number of aromatic nitrogens is 4. The van der Waals surface area contributed by atoms with Crippen molar-refractivity contribution in [1.82, 2.24) is 19.7 Å². The molecule has 0 radical (unpaired) electrons. The molecule has 0 bridgehead atoms. The maximum atomic E-state index is 13.0. The van der Waals surface area contributed by atoms with E-state index in [0.29, 0.717) is 16.6 Å². The largest absolute Gasteiger partial charge is 0.418 e. The monoisotopic (exact) mass is 491 g/mol. The zero-order chi connectivity index (χ0) is 22.9. The van der Waals surface area contributed by atoms with Gasteiger partial charge in [-0.3, -0.25) is 14.3 Å². The van der Waals surface area contributed by atoms with Crippen LogP contribution in [0.4, 0.5) is 19.0 Å². The number of pyridine rings is 1. The number of ketones is 1. The van der Waals surface area contributed by atoms with Gasteiger partial charge in [0.2, 0.25) is 0 Å². The molecule has 0 saturated carbocycles. The minimum absolute atomic E-state index is 0.0909. The highest BCUT2D eigenvalue weighted by Gasteiger charge is 2.34. The smallest absolute Gasteiger partial charge is 0.306 e. The predicted octanol–water partition coefficient (Wildman–Crippen LogP) is 5.23. The first-order valence-electron chi connectivity index (χ1n) is 8.68. The maximum absolute atomic E-state index is 13.0. The second-order valence-corrected chi connectivity index (χ2v) is 8.39. The van der Waals surface area contributed by atoms with Crippen LogP contribution in [0.3, 0.4) is 0 Å². The van der Waals surface area contributed by atoms with E-state index in [0.717, 1.165) is 17.5 Å². The number of anilines is 1. The van der Waals surface area contributed by atoms with Crippen molar-refractivity contribution in [1.29, 1.82) is 0 Å². The highest BCUT2D eigenvalue weighted by atomic mass is 35.5. The number of halogens is 5. The fraction of sp³-hybridized carbons (Fsp3) is 0.278. The summed E-state index contributed by atoms with van der Waals surface area (Å²) in [6, 6.07) is 0.654. The van der Waals surface area contributed by atoms with Crippen LogP contribution in [0, 0.1) is 0 Å². The molecular weight excluding hydrogens is 478 g/mol. The summed E-state index contributed by atoms with van der Waals surface area (Å²) in [5.41, 5.74) is -0.814. The Morgan fingerprint density at radius 1 is 1.23 bits per heavy atom. The van der Waals surface area contributed by atoms with Gasteiger partial charge in [0.25, 0.3) is 5.91 Å². The summed E-state index contributed by atoms with van der Waals surface area (Å²) in [5.74, 6) is -1.52. The molecule has 13 heteroatoms. The summed E-state index contributed by atoms with van der Waals surface area (Å²) in [4.78, 5) is 32.8. The van der Waals surface area contributed by atoms with E-state index in [2.05, 4.69) is 20.4 Å². The number of Topliss-reactive ketones (excluding diaryl/α,β-unsaturated/α-hetero) is 1. The van der Waals surface area contributed by atoms with Crippen molar-refractivity contribution < 1.29 is 22.8 Å². The van der Waals surface area contributed by atoms with Gasteiger partial charge in [0.05, 0.1) is 33.6 Å². The van der Waals surface area contributed by atoms with Gasteiger partial charge in [0.1, 0.15) is 15.8 Å². The lowest BCUT2D eigenvalue weighted by Crippen LogP contribution is -2.13. The van der Waals surface area contributed by atoms with Crippen LogP contribution in [0.1, 0.15) is 49.9 Å². The van der Waals surface area contributed by atoms with Crippen molar-refractivity contribution in [3.63, 3.8) is 0 Å². The molecule has 31 heavy (non-hydrogen) atoms. The van der Waals surface area contributed by atoms with Crippen LogP contribution in [-0.2, 0) is 13.2 Å². The molecule has 0 aliphatic carbocycles. The third kappa shape index (κ3) is 5.23. The van der Waals surface area contributed by atoms with E-state index in [1.54, 1.807) is 14.0 Å². The van der Waals surface area contributed by atoms with Crippen molar-refractivity contribution in [2.75, 3.05) is 5.32 Å². The zero-order valence-electron chi connectivity index (χ0n) is 16.0. The lowest BCUT2D eigenvalue weighted by Gasteiger charge is -2.10. The lowest BCUT2D eigenvalue weighted by molar-refractivity contribution is -0.137. The van der Waals surface area contributed by atoms with E-state index >= 15 is 0 Å². The molecule has 1 amide bonds. The van der Waals surface area contributed by atoms with Gasteiger partial charge in [-0.15, -0.1) is 11.3 Å². The van der Waals surface area contributed by atoms with Crippen LogP contribution in [0.2, 0.25) is 10.2 Å². The molecule has 3 aromatic heterocycles. The average molecular weight is 492 g/mol. The number of alkyl halides is 3. The number of nitrogens with one attached hydrogen (secondary N) is 1. The number of thiazole rings is 1. The van der Waals surface area contributed by atoms with Crippen LogP contribution < -0.4 is 5.32 Å². The molecule has 3 aromatic rings. The van der Waals surface area contributed by atoms with E-state index in [9.17, 15) is 22.8 Å². The Hall–Kier alpha value is -2.50. The van der Waals surface area contributed by atoms with Gasteiger partial charge in [-0.05, 0) is 6.07 Å². The molecular formula is C18H14Cl2F3N5O2S. The number of nitrogens with zero attached hydrogens (tertiary/aromatic N) is 4. The minimum atomic E-state index is -4.68. The fourth-order valence-electron chi connectivity index (χ4n) is 2.61. The summed E-state index contributed by atoms with van der Waals surface area (Å²) in [6.07, 6.45) is -1.11. The van der Waals surface area contributed by atoms with E-state index in [4.69, 9.17) is 23.2 Å². The zero-order valence-corrected chi connectivity index (χ0v) is 18.3. The molecule has 0 aliphatic rings. The van der Waals surface area contributed by atoms with Crippen LogP contribution in [0.5, 0.6) is 0 Å². The molecule has 0 aromatic carbocycles. The number of amides is 1. The lowest BCUT2D eigenvalue weighted by atomic mass is 10.0. The highest BCUT2D eigenvalue weighted by molar-refractivity contribution is 7.13. The van der Waals surface area contributed by atoms with E-state index in [1.165, 1.54) is 17.1 Å². The Kier molecular flexibility index (Phi) is 6.68. The highest BCUT2D eigenvalue weighted by Crippen LogP contribution is 2.35. The summed E-state index contributed by atoms with van der Waals surface area (Å²) in [7, 11) is 1.61. The summed E-state index contributed by atoms with van der Waals surface area (Å²) >= 11 is 12.6. The van der Waals surface area contributed by atoms with Gasteiger partial charge in [-0.25, -0.2) is 9.97 Å². The van der Waals surface area contributed by atoms with Gasteiger partial charge in [-0.1, -0.05) is 30.1 Å². The second-order valence-electron chi connectivity index (χ2n) is 6.57. The first kappa shape index (κ1) is 23.2. The van der Waals surface area contributed by atoms with Gasteiger partial charge in [0, 0.05) is 25.6 Å². The van der Waals surface area contributed by atoms with Gasteiger partial charge in [-0.2, -0.15) is 18.3 Å². The molecule has 7 nitrogen and oxygen atoms in total. The van der Waals surface area contributed by atoms with E-state index in [-0.39, 0.29) is 34.0 Å². The van der Waals surface area contributed by atoms with Crippen LogP contribution in [0.25, 0.3) is 0 Å². The Labute approximate surface area is 188 Å². The van der Waals surface area contributed by atoms with Gasteiger partial charge < -0.3 is 5.32 Å². The fourth-order valence-corrected chi connectivity index (χ4v) is 3.88. The molecule has 0 spiro atoms. The first-order chi connectivity index (χ1) is 14.5. The molecule has 1 atom stereocenters. The Morgan fingerprint density at radius 3 is 2.55 bits per heavy atom. The van der Waals surface area contributed by atoms with Crippen molar-refractivity contribution in [2.45, 2.75) is 25.4 Å². The summed E-state index contributed by atoms with van der Waals surface area (Å²) in [5, 5.41) is 6.39. The Balaban J connectivity index is 1.69. The van der Waals surface area contributed by atoms with Crippen LogP contribution >= 0.6 is 34.5 Å². The quantitative estimate of drug-likeness (QED) is 0.477. The van der Waals surface area contributed by atoms with Crippen molar-refractivity contribution in [2.24, 2.45) is 7.05 Å². The number of rotatable bonds is 6. The van der Waals surface area contributed by atoms with Crippen LogP contribution in [-0.4, -0.2) is 31.4 Å². The Morgan fingerprint density at radius 2 is 1.94 bits per heavy atom. The number of hydrogen-bond donors (Lipinski definition) is 1. The number of carbonyl (C=O) groups is 2. The topological polar surface area (TPSA) is 89.8 Å². The third-order valence-electron chi connectivity index (χ3n) is 4.23. The normalized spacial score (nSPS) is 12.6. The molecule has 0 fully saturated rings. The molecule has 164 valence electrons. The number of aryl methyl sites for hydroxylation is 1. The third-order valence-corrected chi connectivity index (χ3v) is 6.21. The number of carbonyl (C=O) groups excluding carboxylic acids is 2. The molecule has 1 N–H and O–H groups in total. The van der Waals surface area contributed by atoms with Crippen molar-refractivity contribution in [3.8, 4) is 0 Å². The minimum Gasteiger partial charge on any atom is -0.306 e. The predicted molar refractivity (Wildman–Crippen MR) is 110 cm³/mol. The van der Waals surface area contributed by atoms with Crippen LogP contribution in [0.15, 0.2) is 24.7 Å². The summed E-state index contributed by atoms with van der Waals surface area (Å²) in [6.45, 7) is 1.76. The molecule has 0 saturated heterocycles. The molecule has 3 rings (SSSR count).